The van der Waals surface area contributed by atoms with Crippen LogP contribution < -0.4 is 15.9 Å². The fourth-order valence-electron chi connectivity index (χ4n) is 3.87. The lowest BCUT2D eigenvalue weighted by molar-refractivity contribution is -0.116. The summed E-state index contributed by atoms with van der Waals surface area (Å²) in [6.07, 6.45) is 4.18. The van der Waals surface area contributed by atoms with Gasteiger partial charge in [-0.1, -0.05) is 25.1 Å². The van der Waals surface area contributed by atoms with E-state index in [0.717, 1.165) is 53.2 Å². The van der Waals surface area contributed by atoms with Crippen molar-refractivity contribution in [2.24, 2.45) is 5.92 Å². The van der Waals surface area contributed by atoms with Crippen LogP contribution in [-0.2, 0) is 11.3 Å². The topological polar surface area (TPSA) is 67.2 Å². The molecule has 1 amide bonds. The molecule has 1 aromatic heterocycles. The molecule has 0 saturated carbocycles. The summed E-state index contributed by atoms with van der Waals surface area (Å²) >= 11 is 1.61. The predicted octanol–water partition coefficient (Wildman–Crippen LogP) is 3.99. The van der Waals surface area contributed by atoms with E-state index in [1.54, 1.807) is 11.8 Å². The van der Waals surface area contributed by atoms with Gasteiger partial charge in [-0.3, -0.25) is 9.36 Å². The third-order valence-electron chi connectivity index (χ3n) is 5.61. The first kappa shape index (κ1) is 20.5. The zero-order valence-corrected chi connectivity index (χ0v) is 18.1. The van der Waals surface area contributed by atoms with E-state index in [0.29, 0.717) is 5.92 Å². The molecule has 2 aromatic carbocycles. The molecule has 0 radical (unpaired) electrons. The van der Waals surface area contributed by atoms with E-state index in [1.165, 1.54) is 4.57 Å². The zero-order chi connectivity index (χ0) is 21.1. The summed E-state index contributed by atoms with van der Waals surface area (Å²) in [4.78, 5) is 33.2. The first-order valence-electron chi connectivity index (χ1n) is 10.2. The lowest BCUT2D eigenvalue weighted by Crippen LogP contribution is -2.37. The van der Waals surface area contributed by atoms with Crippen LogP contribution in [0.25, 0.3) is 10.9 Å². The molecular formula is C23H26N4O2S. The monoisotopic (exact) mass is 422 g/mol. The fourth-order valence-corrected chi connectivity index (χ4v) is 4.33. The van der Waals surface area contributed by atoms with Crippen LogP contribution in [0.1, 0.15) is 19.8 Å². The molecule has 1 N–H and O–H groups in total. The van der Waals surface area contributed by atoms with E-state index < -0.39 is 5.69 Å². The molecule has 1 aliphatic heterocycles. The molecule has 4 rings (SSSR count). The van der Waals surface area contributed by atoms with Gasteiger partial charge in [0.1, 0.15) is 12.4 Å². The number of rotatable bonds is 5. The summed E-state index contributed by atoms with van der Waals surface area (Å²) in [5, 5.41) is 3.80. The quantitative estimate of drug-likeness (QED) is 0.630. The summed E-state index contributed by atoms with van der Waals surface area (Å²) in [5.74, 6) is 1.18. The highest BCUT2D eigenvalue weighted by molar-refractivity contribution is 7.98. The van der Waals surface area contributed by atoms with Crippen LogP contribution in [0, 0.1) is 5.92 Å². The maximum atomic E-state index is 12.9. The number of piperidine rings is 1. The Morgan fingerprint density at radius 1 is 1.17 bits per heavy atom. The number of carbonyl (C=O) groups is 1. The molecule has 2 heterocycles. The van der Waals surface area contributed by atoms with Crippen molar-refractivity contribution in [3.63, 3.8) is 0 Å². The van der Waals surface area contributed by atoms with Gasteiger partial charge in [-0.15, -0.1) is 11.8 Å². The Bertz CT molecular complexity index is 1120. The molecule has 1 saturated heterocycles. The van der Waals surface area contributed by atoms with Gasteiger partial charge in [-0.25, -0.2) is 4.79 Å². The molecule has 1 aliphatic rings. The van der Waals surface area contributed by atoms with Crippen molar-refractivity contribution in [1.29, 1.82) is 0 Å². The minimum absolute atomic E-state index is 0.0762. The molecule has 3 aromatic rings. The molecular weight excluding hydrogens is 396 g/mol. The zero-order valence-electron chi connectivity index (χ0n) is 17.3. The number of aromatic nitrogens is 2. The molecule has 0 bridgehead atoms. The van der Waals surface area contributed by atoms with Crippen LogP contribution >= 0.6 is 11.8 Å². The lowest BCUT2D eigenvalue weighted by Gasteiger charge is -2.32. The number of para-hydroxylation sites is 1. The van der Waals surface area contributed by atoms with Gasteiger partial charge in [-0.05, 0) is 55.3 Å². The van der Waals surface area contributed by atoms with E-state index in [2.05, 4.69) is 22.1 Å². The van der Waals surface area contributed by atoms with Crippen molar-refractivity contribution < 1.29 is 4.79 Å². The van der Waals surface area contributed by atoms with Crippen LogP contribution in [0.15, 0.2) is 58.2 Å². The van der Waals surface area contributed by atoms with Crippen LogP contribution in [0.4, 0.5) is 11.5 Å². The molecule has 6 nitrogen and oxygen atoms in total. The summed E-state index contributed by atoms with van der Waals surface area (Å²) < 4.78 is 1.46. The molecule has 0 unspecified atom stereocenters. The lowest BCUT2D eigenvalue weighted by atomic mass is 9.99. The van der Waals surface area contributed by atoms with E-state index in [4.69, 9.17) is 0 Å². The molecule has 1 fully saturated rings. The Morgan fingerprint density at radius 2 is 1.93 bits per heavy atom. The maximum absolute atomic E-state index is 12.9. The van der Waals surface area contributed by atoms with E-state index in [1.807, 2.05) is 54.8 Å². The van der Waals surface area contributed by atoms with Crippen LogP contribution in [0.5, 0.6) is 0 Å². The average molecular weight is 423 g/mol. The van der Waals surface area contributed by atoms with Crippen LogP contribution in [-0.4, -0.2) is 34.8 Å². The average Bonchev–Trinajstić information content (AvgIpc) is 2.76. The molecule has 30 heavy (non-hydrogen) atoms. The van der Waals surface area contributed by atoms with Gasteiger partial charge in [0, 0.05) is 29.1 Å². The molecule has 7 heteroatoms. The standard InChI is InChI=1S/C23H26N4O2S/c1-16-10-12-26(13-11-16)22-19-8-3-4-9-20(19)27(23(29)25-22)15-21(28)24-17-6-5-7-18(14-17)30-2/h3-9,14,16H,10-13,15H2,1-2H3,(H,24,28). The molecule has 0 aliphatic carbocycles. The SMILES string of the molecule is CSc1cccc(NC(=O)Cn2c(=O)nc(N3CCC(C)CC3)c3ccccc32)c1. The number of amides is 1. The Morgan fingerprint density at radius 3 is 2.70 bits per heavy atom. The summed E-state index contributed by atoms with van der Waals surface area (Å²) in [6, 6.07) is 15.4. The predicted molar refractivity (Wildman–Crippen MR) is 123 cm³/mol. The summed E-state index contributed by atoms with van der Waals surface area (Å²) in [6.45, 7) is 3.98. The number of anilines is 2. The first-order valence-corrected chi connectivity index (χ1v) is 11.5. The minimum Gasteiger partial charge on any atom is -0.356 e. The molecule has 0 spiro atoms. The fraction of sp³-hybridized carbons (Fsp3) is 0.348. The Balaban J connectivity index is 1.63. The normalized spacial score (nSPS) is 14.8. The van der Waals surface area contributed by atoms with E-state index in [-0.39, 0.29) is 12.5 Å². The number of thioether (sulfide) groups is 1. The van der Waals surface area contributed by atoms with E-state index >= 15 is 0 Å². The summed E-state index contributed by atoms with van der Waals surface area (Å²) in [5.41, 5.74) is 1.06. The molecule has 0 atom stereocenters. The highest BCUT2D eigenvalue weighted by Gasteiger charge is 2.21. The maximum Gasteiger partial charge on any atom is 0.350 e. The van der Waals surface area contributed by atoms with Crippen molar-refractivity contribution >= 4 is 40.1 Å². The van der Waals surface area contributed by atoms with Crippen molar-refractivity contribution in [2.75, 3.05) is 29.6 Å². The largest absolute Gasteiger partial charge is 0.356 e. The third kappa shape index (κ3) is 4.36. The van der Waals surface area contributed by atoms with E-state index in [9.17, 15) is 9.59 Å². The van der Waals surface area contributed by atoms with Gasteiger partial charge in [-0.2, -0.15) is 4.98 Å². The smallest absolute Gasteiger partial charge is 0.350 e. The highest BCUT2D eigenvalue weighted by Crippen LogP contribution is 2.27. The minimum atomic E-state index is -0.393. The van der Waals surface area contributed by atoms with Crippen LogP contribution in [0.3, 0.4) is 0 Å². The van der Waals surface area contributed by atoms with Crippen molar-refractivity contribution in [2.45, 2.75) is 31.2 Å². The number of hydrogen-bond donors (Lipinski definition) is 1. The number of benzene rings is 2. The van der Waals surface area contributed by atoms with Gasteiger partial charge in [0.2, 0.25) is 5.91 Å². The Kier molecular flexibility index (Phi) is 6.08. The number of hydrogen-bond acceptors (Lipinski definition) is 5. The van der Waals surface area contributed by atoms with Gasteiger partial charge in [0.05, 0.1) is 5.52 Å². The van der Waals surface area contributed by atoms with Gasteiger partial charge < -0.3 is 10.2 Å². The number of fused-ring (bicyclic) bond motifs is 1. The molecule has 156 valence electrons. The Labute approximate surface area is 180 Å². The number of nitrogens with zero attached hydrogens (tertiary/aromatic N) is 3. The van der Waals surface area contributed by atoms with Crippen molar-refractivity contribution in [3.05, 3.63) is 59.0 Å². The van der Waals surface area contributed by atoms with Gasteiger partial charge in [0.25, 0.3) is 0 Å². The second-order valence-electron chi connectivity index (χ2n) is 7.77. The van der Waals surface area contributed by atoms with Crippen LogP contribution in [0.2, 0.25) is 0 Å². The second kappa shape index (κ2) is 8.92. The van der Waals surface area contributed by atoms with Gasteiger partial charge in [0.15, 0.2) is 0 Å². The van der Waals surface area contributed by atoms with Gasteiger partial charge >= 0.3 is 5.69 Å². The third-order valence-corrected chi connectivity index (χ3v) is 6.33. The number of nitrogens with one attached hydrogen (secondary N) is 1. The highest BCUT2D eigenvalue weighted by atomic mass is 32.2. The van der Waals surface area contributed by atoms with Crippen molar-refractivity contribution in [3.8, 4) is 0 Å². The number of carbonyl (C=O) groups excluding carboxylic acids is 1. The van der Waals surface area contributed by atoms with Crippen molar-refractivity contribution in [1.82, 2.24) is 9.55 Å². The Hall–Kier alpha value is -2.80. The first-order chi connectivity index (χ1) is 14.5. The second-order valence-corrected chi connectivity index (χ2v) is 8.65. The summed E-state index contributed by atoms with van der Waals surface area (Å²) in [7, 11) is 0.